The van der Waals surface area contributed by atoms with Crippen molar-refractivity contribution in [1.82, 2.24) is 10.6 Å². The molecule has 1 fully saturated rings. The maximum atomic E-state index is 11.7. The van der Waals surface area contributed by atoms with E-state index in [2.05, 4.69) is 38.3 Å². The van der Waals surface area contributed by atoms with Gasteiger partial charge >= 0.3 is 12.0 Å². The van der Waals surface area contributed by atoms with Crippen molar-refractivity contribution in [2.24, 2.45) is 16.7 Å². The van der Waals surface area contributed by atoms with E-state index in [1.54, 1.807) is 0 Å². The number of urea groups is 1. The second kappa shape index (κ2) is 7.14. The Labute approximate surface area is 127 Å². The summed E-state index contributed by atoms with van der Waals surface area (Å²) in [7, 11) is 0. The fourth-order valence-corrected chi connectivity index (χ4v) is 3.06. The van der Waals surface area contributed by atoms with Gasteiger partial charge in [-0.3, -0.25) is 4.79 Å². The lowest BCUT2D eigenvalue weighted by Gasteiger charge is -2.08. The largest absolute Gasteiger partial charge is 0.481 e. The smallest absolute Gasteiger partial charge is 0.314 e. The predicted octanol–water partition coefficient (Wildman–Crippen LogP) is 3.00. The molecule has 21 heavy (non-hydrogen) atoms. The molecule has 1 aliphatic carbocycles. The molecular weight excluding hydrogens is 268 g/mol. The Morgan fingerprint density at radius 3 is 2.05 bits per heavy atom. The number of rotatable bonds is 9. The van der Waals surface area contributed by atoms with Crippen LogP contribution in [0.2, 0.25) is 0 Å². The Hall–Kier alpha value is -1.26. The lowest BCUT2D eigenvalue weighted by atomic mass is 10.0. The summed E-state index contributed by atoms with van der Waals surface area (Å²) in [5, 5.41) is 14.3. The van der Waals surface area contributed by atoms with Crippen molar-refractivity contribution in [2.75, 3.05) is 13.1 Å². The van der Waals surface area contributed by atoms with Gasteiger partial charge in [0.25, 0.3) is 0 Å². The number of hydrogen-bond acceptors (Lipinski definition) is 2. The average Bonchev–Trinajstić information content (AvgIpc) is 2.75. The number of unbranched alkanes of at least 4 members (excludes halogenated alkanes) is 3. The SMILES string of the molecule is CC1(C)C(CNC(=O)NCCCCCCC(=O)O)C1(C)C. The van der Waals surface area contributed by atoms with Crippen molar-refractivity contribution >= 4 is 12.0 Å². The molecule has 0 radical (unpaired) electrons. The van der Waals surface area contributed by atoms with Crippen molar-refractivity contribution in [3.63, 3.8) is 0 Å². The molecular formula is C16H30N2O3. The molecule has 5 heteroatoms. The first kappa shape index (κ1) is 17.8. The molecule has 0 aromatic heterocycles. The zero-order valence-electron chi connectivity index (χ0n) is 13.8. The molecule has 5 nitrogen and oxygen atoms in total. The van der Waals surface area contributed by atoms with Crippen molar-refractivity contribution in [3.05, 3.63) is 0 Å². The van der Waals surface area contributed by atoms with E-state index in [1.807, 2.05) is 0 Å². The molecule has 0 saturated heterocycles. The number of aliphatic carboxylic acids is 1. The van der Waals surface area contributed by atoms with Gasteiger partial charge in [-0.1, -0.05) is 40.5 Å². The number of carboxylic acids is 1. The third kappa shape index (κ3) is 4.90. The Kier molecular flexibility index (Phi) is 6.05. The second-order valence-corrected chi connectivity index (χ2v) is 7.19. The Morgan fingerprint density at radius 1 is 0.952 bits per heavy atom. The number of carboxylic acid groups (broad SMARTS) is 1. The second-order valence-electron chi connectivity index (χ2n) is 7.19. The highest BCUT2D eigenvalue weighted by Crippen LogP contribution is 2.67. The average molecular weight is 298 g/mol. The van der Waals surface area contributed by atoms with E-state index < -0.39 is 5.97 Å². The summed E-state index contributed by atoms with van der Waals surface area (Å²) >= 11 is 0. The van der Waals surface area contributed by atoms with E-state index in [-0.39, 0.29) is 12.5 Å². The Bertz CT molecular complexity index is 364. The summed E-state index contributed by atoms with van der Waals surface area (Å²) in [6, 6.07) is -0.0981. The van der Waals surface area contributed by atoms with Crippen molar-refractivity contribution in [1.29, 1.82) is 0 Å². The van der Waals surface area contributed by atoms with Crippen molar-refractivity contribution in [2.45, 2.75) is 59.8 Å². The lowest BCUT2D eigenvalue weighted by Crippen LogP contribution is -2.37. The standard InChI is InChI=1S/C16H30N2O3/c1-15(2)12(16(15,3)4)11-18-14(21)17-10-8-6-5-7-9-13(19)20/h12H,5-11H2,1-4H3,(H,19,20)(H2,17,18,21). The van der Waals surface area contributed by atoms with Crippen LogP contribution in [-0.4, -0.2) is 30.2 Å². The normalized spacial score (nSPS) is 19.0. The molecule has 2 amide bonds. The molecule has 0 heterocycles. The molecule has 1 saturated carbocycles. The molecule has 1 rings (SSSR count). The summed E-state index contributed by atoms with van der Waals surface area (Å²) in [6.45, 7) is 10.4. The third-order valence-corrected chi connectivity index (χ3v) is 5.39. The van der Waals surface area contributed by atoms with Gasteiger partial charge in [-0.15, -0.1) is 0 Å². The highest BCUT2D eigenvalue weighted by atomic mass is 16.4. The topological polar surface area (TPSA) is 78.4 Å². The summed E-state index contributed by atoms with van der Waals surface area (Å²) in [6.07, 6.45) is 3.71. The number of carbonyl (C=O) groups excluding carboxylic acids is 1. The van der Waals surface area contributed by atoms with Gasteiger partial charge in [0.15, 0.2) is 0 Å². The lowest BCUT2D eigenvalue weighted by molar-refractivity contribution is -0.137. The van der Waals surface area contributed by atoms with Crippen LogP contribution >= 0.6 is 0 Å². The summed E-state index contributed by atoms with van der Waals surface area (Å²) < 4.78 is 0. The van der Waals surface area contributed by atoms with Gasteiger partial charge in [0, 0.05) is 19.5 Å². The minimum atomic E-state index is -0.738. The van der Waals surface area contributed by atoms with Crippen LogP contribution < -0.4 is 10.6 Å². The van der Waals surface area contributed by atoms with Crippen LogP contribution in [0.15, 0.2) is 0 Å². The van der Waals surface area contributed by atoms with Gasteiger partial charge in [0.1, 0.15) is 0 Å². The number of carbonyl (C=O) groups is 2. The van der Waals surface area contributed by atoms with E-state index in [0.29, 0.717) is 29.7 Å². The summed E-state index contributed by atoms with van der Waals surface area (Å²) in [4.78, 5) is 22.0. The van der Waals surface area contributed by atoms with E-state index in [9.17, 15) is 9.59 Å². The van der Waals surface area contributed by atoms with E-state index >= 15 is 0 Å². The van der Waals surface area contributed by atoms with Crippen LogP contribution in [-0.2, 0) is 4.79 Å². The summed E-state index contributed by atoms with van der Waals surface area (Å²) in [5.74, 6) is -0.204. The third-order valence-electron chi connectivity index (χ3n) is 5.39. The van der Waals surface area contributed by atoms with Crippen molar-refractivity contribution < 1.29 is 14.7 Å². The minimum Gasteiger partial charge on any atom is -0.481 e. The molecule has 0 unspecified atom stereocenters. The monoisotopic (exact) mass is 298 g/mol. The van der Waals surface area contributed by atoms with Gasteiger partial charge in [-0.2, -0.15) is 0 Å². The minimum absolute atomic E-state index is 0.0981. The fraction of sp³-hybridized carbons (Fsp3) is 0.875. The van der Waals surface area contributed by atoms with Gasteiger partial charge in [-0.25, -0.2) is 4.79 Å². The van der Waals surface area contributed by atoms with Crippen molar-refractivity contribution in [3.8, 4) is 0 Å². The predicted molar refractivity (Wildman–Crippen MR) is 83.2 cm³/mol. The zero-order chi connectivity index (χ0) is 16.1. The van der Waals surface area contributed by atoms with Gasteiger partial charge in [-0.05, 0) is 29.6 Å². The maximum Gasteiger partial charge on any atom is 0.314 e. The van der Waals surface area contributed by atoms with E-state index in [1.165, 1.54) is 0 Å². The number of hydrogen-bond donors (Lipinski definition) is 3. The fourth-order valence-electron chi connectivity index (χ4n) is 3.06. The number of nitrogens with one attached hydrogen (secondary N) is 2. The summed E-state index contributed by atoms with van der Waals surface area (Å²) in [5.41, 5.74) is 0.592. The molecule has 0 spiro atoms. The first-order valence-electron chi connectivity index (χ1n) is 7.93. The van der Waals surface area contributed by atoms with E-state index in [0.717, 1.165) is 25.8 Å². The van der Waals surface area contributed by atoms with Gasteiger partial charge < -0.3 is 15.7 Å². The molecule has 0 bridgehead atoms. The molecule has 3 N–H and O–H groups in total. The molecule has 122 valence electrons. The van der Waals surface area contributed by atoms with Gasteiger partial charge in [0.05, 0.1) is 0 Å². The first-order valence-corrected chi connectivity index (χ1v) is 7.93. The van der Waals surface area contributed by atoms with Crippen LogP contribution in [0, 0.1) is 16.7 Å². The number of amides is 2. The van der Waals surface area contributed by atoms with Crippen LogP contribution in [0.25, 0.3) is 0 Å². The molecule has 0 aromatic carbocycles. The van der Waals surface area contributed by atoms with Crippen LogP contribution in [0.1, 0.15) is 59.8 Å². The molecule has 1 aliphatic rings. The molecule has 0 aliphatic heterocycles. The molecule has 0 atom stereocenters. The van der Waals surface area contributed by atoms with Gasteiger partial charge in [0.2, 0.25) is 0 Å². The molecule has 0 aromatic rings. The van der Waals surface area contributed by atoms with E-state index in [4.69, 9.17) is 5.11 Å². The quantitative estimate of drug-likeness (QED) is 0.573. The Morgan fingerprint density at radius 2 is 1.52 bits per heavy atom. The zero-order valence-corrected chi connectivity index (χ0v) is 13.8. The van der Waals surface area contributed by atoms with Crippen LogP contribution in [0.4, 0.5) is 4.79 Å². The maximum absolute atomic E-state index is 11.7. The van der Waals surface area contributed by atoms with Crippen LogP contribution in [0.3, 0.4) is 0 Å². The highest BCUT2D eigenvalue weighted by molar-refractivity contribution is 5.73. The highest BCUT2D eigenvalue weighted by Gasteiger charge is 2.64. The Balaban J connectivity index is 1.99. The van der Waals surface area contributed by atoms with Crippen LogP contribution in [0.5, 0.6) is 0 Å². The first-order chi connectivity index (χ1) is 9.69.